The van der Waals surface area contributed by atoms with E-state index in [1.165, 1.54) is 0 Å². The zero-order valence-electron chi connectivity index (χ0n) is 12.0. The van der Waals surface area contributed by atoms with Crippen LogP contribution in [0, 0.1) is 17.8 Å². The van der Waals surface area contributed by atoms with Gasteiger partial charge in [-0.15, -0.1) is 0 Å². The molecule has 1 saturated heterocycles. The van der Waals surface area contributed by atoms with Crippen molar-refractivity contribution >= 4 is 12.0 Å². The number of hydrogen-bond donors (Lipinski definition) is 2. The molecule has 5 nitrogen and oxygen atoms in total. The number of carboxylic acids is 1. The Hall–Kier alpha value is -1.26. The summed E-state index contributed by atoms with van der Waals surface area (Å²) in [4.78, 5) is 25.8. The Kier molecular flexibility index (Phi) is 3.61. The molecule has 5 heteroatoms. The van der Waals surface area contributed by atoms with Crippen molar-refractivity contribution in [3.05, 3.63) is 0 Å². The van der Waals surface area contributed by atoms with Gasteiger partial charge >= 0.3 is 12.0 Å². The Morgan fingerprint density at radius 3 is 2.70 bits per heavy atom. The van der Waals surface area contributed by atoms with E-state index in [0.29, 0.717) is 12.0 Å². The van der Waals surface area contributed by atoms with E-state index >= 15 is 0 Å². The van der Waals surface area contributed by atoms with Crippen LogP contribution < -0.4 is 5.32 Å². The first-order chi connectivity index (χ1) is 9.61. The molecule has 2 saturated carbocycles. The van der Waals surface area contributed by atoms with Gasteiger partial charge in [-0.25, -0.2) is 4.79 Å². The molecule has 1 aliphatic heterocycles. The van der Waals surface area contributed by atoms with E-state index in [-0.39, 0.29) is 23.9 Å². The standard InChI is InChI=1S/C15H24N2O3/c1-2-11-4-3-7-17(11)15(20)16-13-10-6-5-9(8-10)12(13)14(18)19/h9-13H,2-8H2,1H3,(H,16,20)(H,18,19). The molecule has 3 rings (SSSR count). The fourth-order valence-electron chi connectivity index (χ4n) is 4.61. The quantitative estimate of drug-likeness (QED) is 0.831. The van der Waals surface area contributed by atoms with Gasteiger partial charge in [0.25, 0.3) is 0 Å². The molecule has 0 radical (unpaired) electrons. The lowest BCUT2D eigenvalue weighted by Crippen LogP contribution is -2.52. The summed E-state index contributed by atoms with van der Waals surface area (Å²) in [5.41, 5.74) is 0. The number of hydrogen-bond acceptors (Lipinski definition) is 2. The molecule has 2 bridgehead atoms. The lowest BCUT2D eigenvalue weighted by molar-refractivity contribution is -0.144. The fraction of sp³-hybridized carbons (Fsp3) is 0.867. The maximum Gasteiger partial charge on any atom is 0.317 e. The Bertz CT molecular complexity index is 412. The molecule has 2 aliphatic carbocycles. The van der Waals surface area contributed by atoms with Gasteiger partial charge in [-0.05, 0) is 50.4 Å². The third-order valence-electron chi connectivity index (χ3n) is 5.60. The SMILES string of the molecule is CCC1CCCN1C(=O)NC1C2CCC(C2)C1C(=O)O. The van der Waals surface area contributed by atoms with Crippen LogP contribution >= 0.6 is 0 Å². The van der Waals surface area contributed by atoms with Crippen molar-refractivity contribution in [3.8, 4) is 0 Å². The van der Waals surface area contributed by atoms with E-state index in [0.717, 1.165) is 45.1 Å². The van der Waals surface area contributed by atoms with Crippen molar-refractivity contribution in [2.45, 2.75) is 57.5 Å². The van der Waals surface area contributed by atoms with Crippen molar-refractivity contribution in [1.29, 1.82) is 0 Å². The van der Waals surface area contributed by atoms with Crippen LogP contribution in [-0.4, -0.2) is 40.6 Å². The molecule has 0 aromatic carbocycles. The number of carboxylic acid groups (broad SMARTS) is 1. The van der Waals surface area contributed by atoms with Crippen molar-refractivity contribution in [3.63, 3.8) is 0 Å². The van der Waals surface area contributed by atoms with E-state index < -0.39 is 5.97 Å². The van der Waals surface area contributed by atoms with Crippen LogP contribution in [0.4, 0.5) is 4.79 Å². The number of carbonyl (C=O) groups excluding carboxylic acids is 1. The number of fused-ring (bicyclic) bond motifs is 2. The monoisotopic (exact) mass is 280 g/mol. The van der Waals surface area contributed by atoms with Gasteiger partial charge in [-0.2, -0.15) is 0 Å². The number of likely N-dealkylation sites (tertiary alicyclic amines) is 1. The zero-order chi connectivity index (χ0) is 14.3. The summed E-state index contributed by atoms with van der Waals surface area (Å²) >= 11 is 0. The highest BCUT2D eigenvalue weighted by Gasteiger charge is 2.52. The molecule has 0 aromatic rings. The minimum Gasteiger partial charge on any atom is -0.481 e. The highest BCUT2D eigenvalue weighted by Crippen LogP contribution is 2.48. The van der Waals surface area contributed by atoms with Gasteiger partial charge in [-0.1, -0.05) is 6.92 Å². The van der Waals surface area contributed by atoms with Crippen LogP contribution in [0.3, 0.4) is 0 Å². The molecule has 2 N–H and O–H groups in total. The minimum atomic E-state index is -0.740. The summed E-state index contributed by atoms with van der Waals surface area (Å²) in [6.45, 7) is 2.91. The summed E-state index contributed by atoms with van der Waals surface area (Å²) in [7, 11) is 0. The Morgan fingerprint density at radius 1 is 1.25 bits per heavy atom. The van der Waals surface area contributed by atoms with Gasteiger partial charge in [-0.3, -0.25) is 4.79 Å². The molecule has 5 atom stereocenters. The molecular formula is C15H24N2O3. The summed E-state index contributed by atoms with van der Waals surface area (Å²) in [5, 5.41) is 12.5. The summed E-state index contributed by atoms with van der Waals surface area (Å²) < 4.78 is 0. The van der Waals surface area contributed by atoms with E-state index in [4.69, 9.17) is 0 Å². The van der Waals surface area contributed by atoms with Crippen LogP contribution in [-0.2, 0) is 4.79 Å². The van der Waals surface area contributed by atoms with Crippen LogP contribution in [0.1, 0.15) is 45.4 Å². The second kappa shape index (κ2) is 5.26. The van der Waals surface area contributed by atoms with Crippen molar-refractivity contribution in [1.82, 2.24) is 10.2 Å². The highest BCUT2D eigenvalue weighted by molar-refractivity contribution is 5.78. The normalized spacial score (nSPS) is 39.2. The van der Waals surface area contributed by atoms with Crippen molar-refractivity contribution < 1.29 is 14.7 Å². The van der Waals surface area contributed by atoms with E-state index in [1.54, 1.807) is 0 Å². The average molecular weight is 280 g/mol. The largest absolute Gasteiger partial charge is 0.481 e. The Balaban J connectivity index is 1.67. The van der Waals surface area contributed by atoms with Gasteiger partial charge in [0.2, 0.25) is 0 Å². The predicted octanol–water partition coefficient (Wildman–Crippen LogP) is 2.07. The first-order valence-electron chi connectivity index (χ1n) is 7.91. The lowest BCUT2D eigenvalue weighted by Gasteiger charge is -2.32. The first kappa shape index (κ1) is 13.7. The van der Waals surface area contributed by atoms with Crippen LogP contribution in [0.2, 0.25) is 0 Å². The molecule has 5 unspecified atom stereocenters. The topological polar surface area (TPSA) is 69.6 Å². The van der Waals surface area contributed by atoms with Gasteiger partial charge in [0, 0.05) is 18.6 Å². The summed E-state index contributed by atoms with van der Waals surface area (Å²) in [5.74, 6) is -0.479. The number of urea groups is 1. The van der Waals surface area contributed by atoms with E-state index in [1.807, 2.05) is 4.90 Å². The Morgan fingerprint density at radius 2 is 2.00 bits per heavy atom. The highest BCUT2D eigenvalue weighted by atomic mass is 16.4. The molecule has 20 heavy (non-hydrogen) atoms. The zero-order valence-corrected chi connectivity index (χ0v) is 12.0. The van der Waals surface area contributed by atoms with Crippen molar-refractivity contribution in [2.24, 2.45) is 17.8 Å². The Labute approximate surface area is 119 Å². The van der Waals surface area contributed by atoms with Gasteiger partial charge in [0.1, 0.15) is 0 Å². The third-order valence-corrected chi connectivity index (χ3v) is 5.60. The summed E-state index contributed by atoms with van der Waals surface area (Å²) in [6.07, 6.45) is 6.16. The molecule has 112 valence electrons. The number of rotatable bonds is 3. The van der Waals surface area contributed by atoms with Gasteiger partial charge < -0.3 is 15.3 Å². The number of amides is 2. The van der Waals surface area contributed by atoms with E-state index in [2.05, 4.69) is 12.2 Å². The number of nitrogens with one attached hydrogen (secondary N) is 1. The molecule has 0 spiro atoms. The molecule has 3 fully saturated rings. The van der Waals surface area contributed by atoms with Crippen LogP contribution in [0.5, 0.6) is 0 Å². The maximum atomic E-state index is 12.4. The number of nitrogens with zero attached hydrogens (tertiary/aromatic N) is 1. The van der Waals surface area contributed by atoms with E-state index in [9.17, 15) is 14.7 Å². The first-order valence-corrected chi connectivity index (χ1v) is 7.91. The second-order valence-electron chi connectivity index (χ2n) is 6.57. The fourth-order valence-corrected chi connectivity index (χ4v) is 4.61. The second-order valence-corrected chi connectivity index (χ2v) is 6.57. The lowest BCUT2D eigenvalue weighted by atomic mass is 9.84. The molecule has 1 heterocycles. The molecule has 2 amide bonds. The average Bonchev–Trinajstić information content (AvgIpc) is 3.12. The third kappa shape index (κ3) is 2.17. The number of aliphatic carboxylic acids is 1. The van der Waals surface area contributed by atoms with Gasteiger partial charge in [0.15, 0.2) is 0 Å². The van der Waals surface area contributed by atoms with Crippen LogP contribution in [0.25, 0.3) is 0 Å². The minimum absolute atomic E-state index is 0.0434. The molecule has 0 aromatic heterocycles. The molecular weight excluding hydrogens is 256 g/mol. The maximum absolute atomic E-state index is 12.4. The van der Waals surface area contributed by atoms with Crippen LogP contribution in [0.15, 0.2) is 0 Å². The summed E-state index contributed by atoms with van der Waals surface area (Å²) in [6, 6.07) is 0.131. The van der Waals surface area contributed by atoms with Gasteiger partial charge in [0.05, 0.1) is 5.92 Å². The number of carbonyl (C=O) groups is 2. The van der Waals surface area contributed by atoms with Crippen molar-refractivity contribution in [2.75, 3.05) is 6.54 Å². The molecule has 3 aliphatic rings. The smallest absolute Gasteiger partial charge is 0.317 e. The predicted molar refractivity (Wildman–Crippen MR) is 74.3 cm³/mol.